The summed E-state index contributed by atoms with van der Waals surface area (Å²) in [5.74, 6) is -0.195. The maximum absolute atomic E-state index is 13.0. The lowest BCUT2D eigenvalue weighted by Crippen LogP contribution is -2.02. The Bertz CT molecular complexity index is 570. The zero-order chi connectivity index (χ0) is 13.1. The first-order valence-electron chi connectivity index (χ1n) is 5.50. The zero-order valence-corrected chi connectivity index (χ0v) is 13.0. The fourth-order valence-corrected chi connectivity index (χ4v) is 2.43. The Morgan fingerprint density at radius 3 is 2.61 bits per heavy atom. The van der Waals surface area contributed by atoms with E-state index in [9.17, 15) is 4.39 Å². The standard InChI is InChI=1S/C14H12Br2FN/c1-9-6-12(17)4-2-10(9)8-18-14-7-11(15)3-5-13(14)16/h2-7,18H,8H2,1H3. The van der Waals surface area contributed by atoms with Crippen molar-refractivity contribution in [2.75, 3.05) is 5.32 Å². The van der Waals surface area contributed by atoms with Gasteiger partial charge in [0, 0.05) is 21.2 Å². The highest BCUT2D eigenvalue weighted by Gasteiger charge is 2.03. The van der Waals surface area contributed by atoms with E-state index in [-0.39, 0.29) is 5.82 Å². The van der Waals surface area contributed by atoms with Gasteiger partial charge in [-0.3, -0.25) is 0 Å². The van der Waals surface area contributed by atoms with E-state index in [1.165, 1.54) is 6.07 Å². The molecule has 2 rings (SSSR count). The van der Waals surface area contributed by atoms with Crippen molar-refractivity contribution in [2.24, 2.45) is 0 Å². The van der Waals surface area contributed by atoms with Crippen LogP contribution in [-0.4, -0.2) is 0 Å². The molecule has 0 unspecified atom stereocenters. The number of rotatable bonds is 3. The van der Waals surface area contributed by atoms with Gasteiger partial charge in [0.2, 0.25) is 0 Å². The third kappa shape index (κ3) is 3.33. The highest BCUT2D eigenvalue weighted by atomic mass is 79.9. The lowest BCUT2D eigenvalue weighted by atomic mass is 10.1. The summed E-state index contributed by atoms with van der Waals surface area (Å²) >= 11 is 6.93. The van der Waals surface area contributed by atoms with E-state index in [1.54, 1.807) is 6.07 Å². The second-order valence-electron chi connectivity index (χ2n) is 4.05. The molecule has 0 aliphatic carbocycles. The normalized spacial score (nSPS) is 10.4. The third-order valence-corrected chi connectivity index (χ3v) is 3.89. The van der Waals surface area contributed by atoms with Crippen LogP contribution in [0.25, 0.3) is 0 Å². The van der Waals surface area contributed by atoms with Crippen LogP contribution in [-0.2, 0) is 6.54 Å². The summed E-state index contributed by atoms with van der Waals surface area (Å²) in [7, 11) is 0. The Morgan fingerprint density at radius 1 is 1.11 bits per heavy atom. The summed E-state index contributed by atoms with van der Waals surface area (Å²) in [6, 6.07) is 10.8. The topological polar surface area (TPSA) is 12.0 Å². The van der Waals surface area contributed by atoms with E-state index in [0.29, 0.717) is 6.54 Å². The number of hydrogen-bond donors (Lipinski definition) is 1. The van der Waals surface area contributed by atoms with Crippen LogP contribution >= 0.6 is 31.9 Å². The van der Waals surface area contributed by atoms with Crippen LogP contribution in [0.4, 0.5) is 10.1 Å². The number of benzene rings is 2. The molecule has 94 valence electrons. The number of nitrogens with one attached hydrogen (secondary N) is 1. The summed E-state index contributed by atoms with van der Waals surface area (Å²) in [6.45, 7) is 2.58. The molecular formula is C14H12Br2FN. The summed E-state index contributed by atoms with van der Waals surface area (Å²) in [6.07, 6.45) is 0. The van der Waals surface area contributed by atoms with Gasteiger partial charge in [-0.2, -0.15) is 0 Å². The average molecular weight is 373 g/mol. The number of halogens is 3. The van der Waals surface area contributed by atoms with Crippen LogP contribution in [0.2, 0.25) is 0 Å². The Balaban J connectivity index is 2.13. The summed E-state index contributed by atoms with van der Waals surface area (Å²) in [5.41, 5.74) is 3.05. The minimum atomic E-state index is -0.195. The molecule has 0 heterocycles. The van der Waals surface area contributed by atoms with Gasteiger partial charge in [-0.05, 0) is 64.3 Å². The van der Waals surface area contributed by atoms with Crippen molar-refractivity contribution < 1.29 is 4.39 Å². The second-order valence-corrected chi connectivity index (χ2v) is 5.82. The lowest BCUT2D eigenvalue weighted by Gasteiger charge is -2.11. The summed E-state index contributed by atoms with van der Waals surface area (Å²) < 4.78 is 15.0. The van der Waals surface area contributed by atoms with Gasteiger partial charge in [0.15, 0.2) is 0 Å². The van der Waals surface area contributed by atoms with Crippen molar-refractivity contribution in [2.45, 2.75) is 13.5 Å². The Kier molecular flexibility index (Phi) is 4.40. The summed E-state index contributed by atoms with van der Waals surface area (Å²) in [5, 5.41) is 3.33. The van der Waals surface area contributed by atoms with E-state index >= 15 is 0 Å². The molecule has 2 aromatic rings. The van der Waals surface area contributed by atoms with Gasteiger partial charge in [0.1, 0.15) is 5.82 Å². The minimum Gasteiger partial charge on any atom is -0.380 e. The number of hydrogen-bond acceptors (Lipinski definition) is 1. The van der Waals surface area contributed by atoms with Gasteiger partial charge in [0.05, 0.1) is 0 Å². The quantitative estimate of drug-likeness (QED) is 0.773. The average Bonchev–Trinajstić information content (AvgIpc) is 2.32. The Morgan fingerprint density at radius 2 is 1.89 bits per heavy atom. The fourth-order valence-electron chi connectivity index (χ4n) is 1.68. The van der Waals surface area contributed by atoms with Crippen molar-refractivity contribution in [3.63, 3.8) is 0 Å². The molecule has 0 spiro atoms. The first-order valence-corrected chi connectivity index (χ1v) is 7.09. The van der Waals surface area contributed by atoms with Crippen molar-refractivity contribution in [1.29, 1.82) is 0 Å². The van der Waals surface area contributed by atoms with Crippen LogP contribution in [0.15, 0.2) is 45.3 Å². The fraction of sp³-hybridized carbons (Fsp3) is 0.143. The van der Waals surface area contributed by atoms with E-state index < -0.39 is 0 Å². The zero-order valence-electron chi connectivity index (χ0n) is 9.81. The molecule has 0 aliphatic rings. The van der Waals surface area contributed by atoms with Crippen molar-refractivity contribution in [3.8, 4) is 0 Å². The predicted molar refractivity (Wildman–Crippen MR) is 80.3 cm³/mol. The van der Waals surface area contributed by atoms with Gasteiger partial charge in [-0.25, -0.2) is 4.39 Å². The Hall–Kier alpha value is -0.870. The minimum absolute atomic E-state index is 0.195. The molecule has 0 amide bonds. The molecule has 2 aromatic carbocycles. The molecule has 18 heavy (non-hydrogen) atoms. The molecule has 0 aromatic heterocycles. The van der Waals surface area contributed by atoms with Crippen LogP contribution in [0.5, 0.6) is 0 Å². The van der Waals surface area contributed by atoms with E-state index in [2.05, 4.69) is 37.2 Å². The molecule has 0 saturated carbocycles. The van der Waals surface area contributed by atoms with Crippen LogP contribution in [0.1, 0.15) is 11.1 Å². The van der Waals surface area contributed by atoms with Gasteiger partial charge in [-0.1, -0.05) is 22.0 Å². The highest BCUT2D eigenvalue weighted by Crippen LogP contribution is 2.26. The summed E-state index contributed by atoms with van der Waals surface area (Å²) in [4.78, 5) is 0. The van der Waals surface area contributed by atoms with Crippen molar-refractivity contribution >= 4 is 37.5 Å². The smallest absolute Gasteiger partial charge is 0.123 e. The monoisotopic (exact) mass is 371 g/mol. The van der Waals surface area contributed by atoms with Crippen LogP contribution in [0, 0.1) is 12.7 Å². The lowest BCUT2D eigenvalue weighted by molar-refractivity contribution is 0.625. The number of anilines is 1. The molecule has 0 bridgehead atoms. The maximum Gasteiger partial charge on any atom is 0.123 e. The third-order valence-electron chi connectivity index (χ3n) is 2.70. The largest absolute Gasteiger partial charge is 0.380 e. The second kappa shape index (κ2) is 5.85. The molecule has 1 N–H and O–H groups in total. The molecule has 0 aliphatic heterocycles. The molecule has 0 fully saturated rings. The van der Waals surface area contributed by atoms with Gasteiger partial charge >= 0.3 is 0 Å². The molecule has 0 saturated heterocycles. The number of aryl methyl sites for hydroxylation is 1. The highest BCUT2D eigenvalue weighted by molar-refractivity contribution is 9.11. The van der Waals surface area contributed by atoms with Crippen molar-refractivity contribution in [1.82, 2.24) is 0 Å². The van der Waals surface area contributed by atoms with E-state index in [0.717, 1.165) is 25.8 Å². The molecular weight excluding hydrogens is 361 g/mol. The van der Waals surface area contributed by atoms with Gasteiger partial charge in [0.25, 0.3) is 0 Å². The predicted octanol–water partition coefficient (Wildman–Crippen LogP) is 5.27. The molecule has 0 radical (unpaired) electrons. The van der Waals surface area contributed by atoms with Crippen LogP contribution < -0.4 is 5.32 Å². The SMILES string of the molecule is Cc1cc(F)ccc1CNc1cc(Br)ccc1Br. The first kappa shape index (κ1) is 13.6. The Labute approximate surface area is 123 Å². The van der Waals surface area contributed by atoms with E-state index in [4.69, 9.17) is 0 Å². The van der Waals surface area contributed by atoms with E-state index in [1.807, 2.05) is 31.2 Å². The van der Waals surface area contributed by atoms with Gasteiger partial charge < -0.3 is 5.32 Å². The van der Waals surface area contributed by atoms with Crippen LogP contribution in [0.3, 0.4) is 0 Å². The van der Waals surface area contributed by atoms with Crippen molar-refractivity contribution in [3.05, 3.63) is 62.3 Å². The first-order chi connectivity index (χ1) is 8.56. The molecule has 1 nitrogen and oxygen atoms in total. The van der Waals surface area contributed by atoms with Gasteiger partial charge in [-0.15, -0.1) is 0 Å². The maximum atomic E-state index is 13.0. The molecule has 0 atom stereocenters. The molecule has 4 heteroatoms.